The van der Waals surface area contributed by atoms with Gasteiger partial charge in [0.2, 0.25) is 0 Å². The number of halogens is 1. The van der Waals surface area contributed by atoms with Crippen LogP contribution >= 0.6 is 24.0 Å². The average Bonchev–Trinajstić information content (AvgIpc) is 2.87. The van der Waals surface area contributed by atoms with Crippen LogP contribution in [0.2, 0.25) is 0 Å². The second-order valence-corrected chi connectivity index (χ2v) is 10.5. The molecule has 190 valence electrons. The smallest absolute Gasteiger partial charge is 0.266 e. The van der Waals surface area contributed by atoms with E-state index in [9.17, 15) is 8.42 Å². The van der Waals surface area contributed by atoms with E-state index in [0.29, 0.717) is 0 Å². The highest BCUT2D eigenvalue weighted by atomic mass is 127. The monoisotopic (exact) mass is 606 g/mol. The van der Waals surface area contributed by atoms with Gasteiger partial charge in [-0.2, -0.15) is 8.42 Å². The van der Waals surface area contributed by atoms with Crippen molar-refractivity contribution in [3.8, 4) is 22.3 Å². The maximum absolute atomic E-state index is 11.9. The molecule has 0 unspecified atom stereocenters. The summed E-state index contributed by atoms with van der Waals surface area (Å²) < 4.78 is 28.8. The Kier molecular flexibility index (Phi) is 13.6. The van der Waals surface area contributed by atoms with E-state index in [-0.39, 0.29) is 35.5 Å². The molecule has 0 saturated carbocycles. The lowest BCUT2D eigenvalue weighted by atomic mass is 9.81. The predicted octanol–water partition coefficient (Wildman–Crippen LogP) is 9.26. The Hall–Kier alpha value is -1.70. The van der Waals surface area contributed by atoms with E-state index < -0.39 is 10.1 Å². The minimum atomic E-state index is -3.57. The van der Waals surface area contributed by atoms with Crippen molar-refractivity contribution in [2.24, 2.45) is 0 Å². The normalized spacial score (nSPS) is 11.2. The first-order chi connectivity index (χ1) is 16.6. The van der Waals surface area contributed by atoms with E-state index in [1.165, 1.54) is 73.6 Å². The SMILES string of the molecule is CCCCCCCCCCCCOS(=O)(=O)c1ccccc1.I.c1ccc2c(c1)-c1ccccc1-2. The van der Waals surface area contributed by atoms with Gasteiger partial charge in [0.05, 0.1) is 11.5 Å². The minimum Gasteiger partial charge on any atom is -0.266 e. The Morgan fingerprint density at radius 2 is 0.914 bits per heavy atom. The molecule has 0 aliphatic heterocycles. The summed E-state index contributed by atoms with van der Waals surface area (Å²) in [5, 5.41) is 0. The van der Waals surface area contributed by atoms with E-state index in [4.69, 9.17) is 4.18 Å². The van der Waals surface area contributed by atoms with Gasteiger partial charge >= 0.3 is 0 Å². The highest BCUT2D eigenvalue weighted by Gasteiger charge is 2.19. The first kappa shape index (κ1) is 29.5. The molecule has 0 saturated heterocycles. The van der Waals surface area contributed by atoms with Crippen molar-refractivity contribution in [1.29, 1.82) is 0 Å². The second kappa shape index (κ2) is 16.1. The molecule has 0 radical (unpaired) electrons. The van der Waals surface area contributed by atoms with Crippen LogP contribution in [0.25, 0.3) is 22.3 Å². The quantitative estimate of drug-likeness (QED) is 0.0866. The second-order valence-electron chi connectivity index (χ2n) is 8.86. The van der Waals surface area contributed by atoms with E-state index in [0.717, 1.165) is 12.8 Å². The van der Waals surface area contributed by atoms with Crippen LogP contribution in [-0.2, 0) is 14.3 Å². The van der Waals surface area contributed by atoms with Gasteiger partial charge in [0.25, 0.3) is 10.1 Å². The van der Waals surface area contributed by atoms with Crippen molar-refractivity contribution >= 4 is 34.1 Å². The summed E-state index contributed by atoms with van der Waals surface area (Å²) in [6, 6.07) is 25.4. The Labute approximate surface area is 229 Å². The summed E-state index contributed by atoms with van der Waals surface area (Å²) in [4.78, 5) is 0.238. The first-order valence-corrected chi connectivity index (χ1v) is 14.2. The summed E-state index contributed by atoms with van der Waals surface area (Å²) >= 11 is 0. The van der Waals surface area contributed by atoms with E-state index >= 15 is 0 Å². The molecule has 0 fully saturated rings. The lowest BCUT2D eigenvalue weighted by Gasteiger charge is -2.22. The summed E-state index contributed by atoms with van der Waals surface area (Å²) in [6.45, 7) is 2.52. The Balaban J connectivity index is 0.000000276. The minimum absolute atomic E-state index is 0. The molecule has 0 amide bonds. The van der Waals surface area contributed by atoms with Crippen molar-refractivity contribution in [3.05, 3.63) is 78.9 Å². The van der Waals surface area contributed by atoms with Crippen LogP contribution in [-0.4, -0.2) is 15.0 Å². The van der Waals surface area contributed by atoms with Gasteiger partial charge in [-0.15, -0.1) is 24.0 Å². The molecule has 0 atom stereocenters. The van der Waals surface area contributed by atoms with Gasteiger partial charge in [-0.3, -0.25) is 4.18 Å². The summed E-state index contributed by atoms with van der Waals surface area (Å²) in [5.74, 6) is 0. The largest absolute Gasteiger partial charge is 0.296 e. The van der Waals surface area contributed by atoms with Crippen LogP contribution in [0.15, 0.2) is 83.8 Å². The lowest BCUT2D eigenvalue weighted by molar-refractivity contribution is 0.306. The van der Waals surface area contributed by atoms with Gasteiger partial charge in [-0.1, -0.05) is 131 Å². The summed E-state index contributed by atoms with van der Waals surface area (Å²) in [5.41, 5.74) is 5.59. The summed E-state index contributed by atoms with van der Waals surface area (Å²) in [7, 11) is -3.57. The van der Waals surface area contributed by atoms with Crippen LogP contribution in [0.4, 0.5) is 0 Å². The fourth-order valence-electron chi connectivity index (χ4n) is 4.26. The molecule has 5 heteroatoms. The number of hydrogen-bond acceptors (Lipinski definition) is 3. The van der Waals surface area contributed by atoms with E-state index in [2.05, 4.69) is 55.5 Å². The van der Waals surface area contributed by atoms with Gasteiger partial charge in [-0.05, 0) is 40.8 Å². The van der Waals surface area contributed by atoms with Crippen LogP contribution in [0.3, 0.4) is 0 Å². The molecular weight excluding hydrogens is 567 g/mol. The molecule has 1 aliphatic rings. The number of unbranched alkanes of at least 4 members (excludes halogenated alkanes) is 9. The van der Waals surface area contributed by atoms with Crippen molar-refractivity contribution in [2.45, 2.75) is 76.0 Å². The number of fused-ring (bicyclic) bond motifs is 4. The molecule has 0 bridgehead atoms. The molecule has 0 aromatic heterocycles. The van der Waals surface area contributed by atoms with E-state index in [1.807, 2.05) is 0 Å². The van der Waals surface area contributed by atoms with Crippen LogP contribution < -0.4 is 0 Å². The van der Waals surface area contributed by atoms with Gasteiger partial charge < -0.3 is 0 Å². The molecule has 3 nitrogen and oxygen atoms in total. The van der Waals surface area contributed by atoms with Crippen LogP contribution in [0, 0.1) is 0 Å². The Bertz CT molecular complexity index is 997. The Morgan fingerprint density at radius 1 is 0.543 bits per heavy atom. The molecule has 0 N–H and O–H groups in total. The highest BCUT2D eigenvalue weighted by molar-refractivity contribution is 14.0. The Morgan fingerprint density at radius 3 is 1.34 bits per heavy atom. The standard InChI is InChI=1S/C18H30O3S.C12H8.HI/c1-2-3-4-5-6-7-8-9-10-14-17-21-22(19,20)18-15-12-11-13-16-18;1-2-6-10-9(5-1)11-7-3-4-8-12(10)11;/h11-13,15-16H,2-10,14,17H2,1H3;1-8H;1H. The maximum Gasteiger partial charge on any atom is 0.296 e. The topological polar surface area (TPSA) is 43.4 Å². The molecular formula is C30H39IO3S. The third-order valence-electron chi connectivity index (χ3n) is 6.20. The zero-order valence-electron chi connectivity index (χ0n) is 20.8. The van der Waals surface area contributed by atoms with Gasteiger partial charge in [-0.25, -0.2) is 0 Å². The van der Waals surface area contributed by atoms with E-state index in [1.54, 1.807) is 30.3 Å². The van der Waals surface area contributed by atoms with Crippen LogP contribution in [0.5, 0.6) is 0 Å². The molecule has 3 aromatic carbocycles. The highest BCUT2D eigenvalue weighted by Crippen LogP contribution is 2.46. The molecule has 4 rings (SSSR count). The lowest BCUT2D eigenvalue weighted by Crippen LogP contribution is -2.07. The zero-order chi connectivity index (χ0) is 24.1. The fraction of sp³-hybridized carbons (Fsp3) is 0.400. The number of rotatable bonds is 13. The van der Waals surface area contributed by atoms with Gasteiger partial charge in [0, 0.05) is 0 Å². The number of benzene rings is 3. The summed E-state index contributed by atoms with van der Waals surface area (Å²) in [6.07, 6.45) is 12.3. The molecule has 3 aromatic rings. The molecule has 1 aliphatic carbocycles. The zero-order valence-corrected chi connectivity index (χ0v) is 24.0. The van der Waals surface area contributed by atoms with Gasteiger partial charge in [0.1, 0.15) is 0 Å². The average molecular weight is 607 g/mol. The van der Waals surface area contributed by atoms with Crippen molar-refractivity contribution in [3.63, 3.8) is 0 Å². The van der Waals surface area contributed by atoms with Gasteiger partial charge in [0.15, 0.2) is 0 Å². The molecule has 0 spiro atoms. The molecule has 35 heavy (non-hydrogen) atoms. The van der Waals surface area contributed by atoms with Crippen molar-refractivity contribution in [1.82, 2.24) is 0 Å². The number of hydrogen-bond donors (Lipinski definition) is 0. The third kappa shape index (κ3) is 9.36. The van der Waals surface area contributed by atoms with Crippen molar-refractivity contribution in [2.75, 3.05) is 6.61 Å². The predicted molar refractivity (Wildman–Crippen MR) is 158 cm³/mol. The van der Waals surface area contributed by atoms with Crippen LogP contribution in [0.1, 0.15) is 71.1 Å². The molecule has 0 heterocycles. The fourth-order valence-corrected chi connectivity index (χ4v) is 5.22. The third-order valence-corrected chi connectivity index (χ3v) is 7.53. The van der Waals surface area contributed by atoms with Crippen molar-refractivity contribution < 1.29 is 12.6 Å². The maximum atomic E-state index is 11.9. The first-order valence-electron chi connectivity index (χ1n) is 12.8.